The molecule has 0 aliphatic carbocycles. The number of hydrogen-bond acceptors (Lipinski definition) is 6. The Morgan fingerprint density at radius 3 is 2.56 bits per heavy atom. The van der Waals surface area contributed by atoms with Gasteiger partial charge in [-0.3, -0.25) is 9.69 Å². The van der Waals surface area contributed by atoms with E-state index in [-0.39, 0.29) is 11.7 Å². The maximum atomic E-state index is 13.2. The molecular formula is C24H30FN3O2S2. The number of para-hydroxylation sites is 1. The fourth-order valence-corrected chi connectivity index (χ4v) is 5.26. The smallest absolute Gasteiger partial charge is 0.228 e. The highest BCUT2D eigenvalue weighted by atomic mass is 32.2. The van der Waals surface area contributed by atoms with E-state index >= 15 is 0 Å². The fraction of sp³-hybridized carbons (Fsp3) is 0.417. The zero-order chi connectivity index (χ0) is 22.9. The van der Waals surface area contributed by atoms with Gasteiger partial charge in [-0.2, -0.15) is 0 Å². The summed E-state index contributed by atoms with van der Waals surface area (Å²) in [6, 6.07) is 12.3. The quantitative estimate of drug-likeness (QED) is 0.249. The van der Waals surface area contributed by atoms with Crippen molar-refractivity contribution in [1.29, 1.82) is 0 Å². The number of thiazole rings is 1. The summed E-state index contributed by atoms with van der Waals surface area (Å²) in [6.45, 7) is 7.56. The van der Waals surface area contributed by atoms with Gasteiger partial charge in [0.25, 0.3) is 0 Å². The molecule has 3 rings (SSSR count). The van der Waals surface area contributed by atoms with Crippen molar-refractivity contribution in [2.75, 3.05) is 43.9 Å². The molecule has 172 valence electrons. The Hall–Kier alpha value is -2.16. The molecular weight excluding hydrogens is 445 g/mol. The standard InChI is InChI=1S/C24H30FN3O2S2/c1-4-27(5-2)15-16-28(24-26-23-20(30-3)8-6-9-21(23)32-24)22(29)10-7-17-31-19-13-11-18(25)12-14-19/h6,8-9,11-14H,4-5,7,10,15-17H2,1-3H3. The molecule has 0 atom stereocenters. The maximum absolute atomic E-state index is 13.2. The molecule has 0 bridgehead atoms. The first-order valence-corrected chi connectivity index (χ1v) is 12.7. The number of anilines is 1. The number of hydrogen-bond donors (Lipinski definition) is 0. The van der Waals surface area contributed by atoms with E-state index in [9.17, 15) is 9.18 Å². The van der Waals surface area contributed by atoms with Crippen molar-refractivity contribution in [3.8, 4) is 5.75 Å². The molecule has 2 aromatic carbocycles. The average molecular weight is 476 g/mol. The third kappa shape index (κ3) is 6.43. The van der Waals surface area contributed by atoms with Crippen molar-refractivity contribution in [3.05, 3.63) is 48.3 Å². The van der Waals surface area contributed by atoms with E-state index in [2.05, 4.69) is 18.7 Å². The van der Waals surface area contributed by atoms with Crippen LogP contribution in [-0.4, -0.2) is 54.8 Å². The maximum Gasteiger partial charge on any atom is 0.228 e. The summed E-state index contributed by atoms with van der Waals surface area (Å²) in [7, 11) is 1.63. The summed E-state index contributed by atoms with van der Waals surface area (Å²) in [4.78, 5) is 23.1. The van der Waals surface area contributed by atoms with Gasteiger partial charge in [0.1, 0.15) is 17.1 Å². The molecule has 1 amide bonds. The van der Waals surface area contributed by atoms with Crippen LogP contribution in [0.4, 0.5) is 9.52 Å². The Bertz CT molecular complexity index is 1010. The number of aromatic nitrogens is 1. The van der Waals surface area contributed by atoms with Gasteiger partial charge < -0.3 is 9.64 Å². The van der Waals surface area contributed by atoms with Gasteiger partial charge in [0, 0.05) is 24.4 Å². The summed E-state index contributed by atoms with van der Waals surface area (Å²) in [5.74, 6) is 1.36. The SMILES string of the molecule is CCN(CC)CCN(C(=O)CCCSc1ccc(F)cc1)c1nc2c(OC)cccc2s1. The second-order valence-corrected chi connectivity index (χ2v) is 9.46. The second kappa shape index (κ2) is 12.2. The zero-order valence-electron chi connectivity index (χ0n) is 18.8. The van der Waals surface area contributed by atoms with Crippen molar-refractivity contribution >= 4 is 44.4 Å². The largest absolute Gasteiger partial charge is 0.494 e. The van der Waals surface area contributed by atoms with Crippen molar-refractivity contribution < 1.29 is 13.9 Å². The summed E-state index contributed by atoms with van der Waals surface area (Å²) < 4.78 is 19.5. The molecule has 32 heavy (non-hydrogen) atoms. The van der Waals surface area contributed by atoms with Gasteiger partial charge in [0.05, 0.1) is 11.8 Å². The number of carbonyl (C=O) groups excluding carboxylic acids is 1. The lowest BCUT2D eigenvalue weighted by Gasteiger charge is -2.24. The van der Waals surface area contributed by atoms with Gasteiger partial charge in [-0.1, -0.05) is 31.3 Å². The van der Waals surface area contributed by atoms with Gasteiger partial charge in [0.2, 0.25) is 5.91 Å². The first kappa shape index (κ1) is 24.5. The van der Waals surface area contributed by atoms with Crippen molar-refractivity contribution in [2.24, 2.45) is 0 Å². The van der Waals surface area contributed by atoms with Crippen LogP contribution in [0.15, 0.2) is 47.4 Å². The number of ether oxygens (including phenoxy) is 1. The predicted octanol–water partition coefficient (Wildman–Crippen LogP) is 5.69. The van der Waals surface area contributed by atoms with Crippen LogP contribution in [0.25, 0.3) is 10.2 Å². The highest BCUT2D eigenvalue weighted by Crippen LogP contribution is 2.34. The molecule has 0 fully saturated rings. The molecule has 0 aliphatic rings. The number of fused-ring (bicyclic) bond motifs is 1. The van der Waals surface area contributed by atoms with Crippen LogP contribution in [0.2, 0.25) is 0 Å². The minimum absolute atomic E-state index is 0.0786. The summed E-state index contributed by atoms with van der Waals surface area (Å²) in [6.07, 6.45) is 1.19. The molecule has 0 saturated carbocycles. The van der Waals surface area contributed by atoms with E-state index in [1.807, 2.05) is 23.1 Å². The number of thioether (sulfide) groups is 1. The van der Waals surface area contributed by atoms with Crippen LogP contribution in [0, 0.1) is 5.82 Å². The number of halogens is 1. The minimum atomic E-state index is -0.235. The molecule has 8 heteroatoms. The summed E-state index contributed by atoms with van der Waals surface area (Å²) in [5, 5.41) is 0.716. The molecule has 0 N–H and O–H groups in total. The number of nitrogens with zero attached hydrogens (tertiary/aromatic N) is 3. The molecule has 3 aromatic rings. The van der Waals surface area contributed by atoms with E-state index in [0.717, 1.165) is 52.7 Å². The predicted molar refractivity (Wildman–Crippen MR) is 133 cm³/mol. The van der Waals surface area contributed by atoms with Crippen LogP contribution in [0.5, 0.6) is 5.75 Å². The van der Waals surface area contributed by atoms with E-state index < -0.39 is 0 Å². The van der Waals surface area contributed by atoms with Gasteiger partial charge >= 0.3 is 0 Å². The third-order valence-corrected chi connectivity index (χ3v) is 7.42. The average Bonchev–Trinajstić information content (AvgIpc) is 3.24. The number of benzene rings is 2. The van der Waals surface area contributed by atoms with Crippen molar-refractivity contribution in [1.82, 2.24) is 9.88 Å². The zero-order valence-corrected chi connectivity index (χ0v) is 20.5. The lowest BCUT2D eigenvalue weighted by Crippen LogP contribution is -2.38. The van der Waals surface area contributed by atoms with Gasteiger partial charge in [0.15, 0.2) is 5.13 Å². The number of methoxy groups -OCH3 is 1. The Labute approximate surface area is 197 Å². The Morgan fingerprint density at radius 1 is 1.12 bits per heavy atom. The topological polar surface area (TPSA) is 45.7 Å². The Kier molecular flexibility index (Phi) is 9.32. The molecule has 0 aliphatic heterocycles. The molecule has 1 aromatic heterocycles. The minimum Gasteiger partial charge on any atom is -0.494 e. The molecule has 0 unspecified atom stereocenters. The second-order valence-electron chi connectivity index (χ2n) is 7.28. The third-order valence-electron chi connectivity index (χ3n) is 5.27. The van der Waals surface area contributed by atoms with Crippen LogP contribution >= 0.6 is 23.1 Å². The van der Waals surface area contributed by atoms with Crippen LogP contribution in [0.1, 0.15) is 26.7 Å². The fourth-order valence-electron chi connectivity index (χ4n) is 3.38. The first-order chi connectivity index (χ1) is 15.5. The number of likely N-dealkylation sites (N-methyl/N-ethyl adjacent to an activating group) is 1. The number of amides is 1. The Morgan fingerprint density at radius 2 is 1.88 bits per heavy atom. The van der Waals surface area contributed by atoms with Gasteiger partial charge in [-0.05, 0) is 61.7 Å². The van der Waals surface area contributed by atoms with Crippen molar-refractivity contribution in [3.63, 3.8) is 0 Å². The summed E-state index contributed by atoms with van der Waals surface area (Å²) in [5.41, 5.74) is 0.794. The molecule has 0 radical (unpaired) electrons. The molecule has 1 heterocycles. The lowest BCUT2D eigenvalue weighted by molar-refractivity contribution is -0.118. The van der Waals surface area contributed by atoms with Gasteiger partial charge in [-0.25, -0.2) is 9.37 Å². The van der Waals surface area contributed by atoms with Crippen molar-refractivity contribution in [2.45, 2.75) is 31.6 Å². The lowest BCUT2D eigenvalue weighted by atomic mass is 10.3. The highest BCUT2D eigenvalue weighted by Gasteiger charge is 2.21. The molecule has 0 spiro atoms. The molecule has 5 nitrogen and oxygen atoms in total. The Balaban J connectivity index is 1.68. The van der Waals surface area contributed by atoms with Gasteiger partial charge in [-0.15, -0.1) is 11.8 Å². The van der Waals surface area contributed by atoms with E-state index in [0.29, 0.717) is 18.1 Å². The van der Waals surface area contributed by atoms with E-state index in [4.69, 9.17) is 9.72 Å². The molecule has 0 saturated heterocycles. The monoisotopic (exact) mass is 475 g/mol. The number of rotatable bonds is 12. The highest BCUT2D eigenvalue weighted by molar-refractivity contribution is 7.99. The number of carbonyl (C=O) groups is 1. The van der Waals surface area contributed by atoms with Crippen LogP contribution in [-0.2, 0) is 4.79 Å². The van der Waals surface area contributed by atoms with Crippen LogP contribution < -0.4 is 9.64 Å². The van der Waals surface area contributed by atoms with E-state index in [1.165, 1.54) is 23.5 Å². The van der Waals surface area contributed by atoms with E-state index in [1.54, 1.807) is 31.0 Å². The normalized spacial score (nSPS) is 11.3. The first-order valence-electron chi connectivity index (χ1n) is 10.9. The van der Waals surface area contributed by atoms with Crippen LogP contribution in [0.3, 0.4) is 0 Å². The summed E-state index contributed by atoms with van der Waals surface area (Å²) >= 11 is 3.16.